The van der Waals surface area contributed by atoms with Gasteiger partial charge >= 0.3 is 0 Å². The highest BCUT2D eigenvalue weighted by Crippen LogP contribution is 2.57. The van der Waals surface area contributed by atoms with Crippen LogP contribution in [0.1, 0.15) is 116 Å². The monoisotopic (exact) mass is 518 g/mol. The summed E-state index contributed by atoms with van der Waals surface area (Å²) in [6, 6.07) is 0. The summed E-state index contributed by atoms with van der Waals surface area (Å²) in [7, 11) is 0. The predicted octanol–water partition coefficient (Wildman–Crippen LogP) is 3.54. The van der Waals surface area contributed by atoms with Crippen molar-refractivity contribution in [3.63, 3.8) is 0 Å². The number of hydrogen-bond acceptors (Lipinski definition) is 7. The second-order valence-electron chi connectivity index (χ2n) is 11.5. The van der Waals surface area contributed by atoms with Gasteiger partial charge in [0.25, 0.3) is 0 Å². The molecule has 0 aliphatic heterocycles. The summed E-state index contributed by atoms with van der Waals surface area (Å²) < 4.78 is 0. The van der Waals surface area contributed by atoms with Gasteiger partial charge in [-0.05, 0) is 18.8 Å². The molecule has 0 spiro atoms. The molecule has 0 bridgehead atoms. The minimum Gasteiger partial charge on any atom is -0.396 e. The van der Waals surface area contributed by atoms with E-state index in [0.29, 0.717) is 19.3 Å². The van der Waals surface area contributed by atoms with Crippen molar-refractivity contribution in [3.05, 3.63) is 0 Å². The molecule has 36 heavy (non-hydrogen) atoms. The van der Waals surface area contributed by atoms with Crippen LogP contribution >= 0.6 is 0 Å². The lowest BCUT2D eigenvalue weighted by Crippen LogP contribution is -2.66. The van der Waals surface area contributed by atoms with E-state index in [1.165, 1.54) is 57.8 Å². The summed E-state index contributed by atoms with van der Waals surface area (Å²) in [5.74, 6) is -0.595. The third kappa shape index (κ3) is 8.36. The van der Waals surface area contributed by atoms with Gasteiger partial charge in [-0.15, -0.1) is 0 Å². The molecule has 0 saturated heterocycles. The lowest BCUT2D eigenvalue weighted by Gasteiger charge is -2.59. The van der Waals surface area contributed by atoms with Gasteiger partial charge in [0.1, 0.15) is 0 Å². The smallest absolute Gasteiger partial charge is 0.0523 e. The van der Waals surface area contributed by atoms with Gasteiger partial charge in [-0.3, -0.25) is 0 Å². The highest BCUT2D eigenvalue weighted by atomic mass is 16.3. The maximum Gasteiger partial charge on any atom is 0.0523 e. The molecule has 0 amide bonds. The fourth-order valence-corrected chi connectivity index (χ4v) is 6.85. The fourth-order valence-electron chi connectivity index (χ4n) is 6.85. The zero-order valence-electron chi connectivity index (χ0n) is 22.9. The molecule has 7 heteroatoms. The Hall–Kier alpha value is -0.280. The van der Waals surface area contributed by atoms with E-state index in [4.69, 9.17) is 0 Å². The Bertz CT molecular complexity index is 516. The summed E-state index contributed by atoms with van der Waals surface area (Å²) >= 11 is 0. The number of hydrogen-bond donors (Lipinski definition) is 7. The molecule has 0 radical (unpaired) electrons. The largest absolute Gasteiger partial charge is 0.396 e. The number of aliphatic hydroxyl groups is 7. The topological polar surface area (TPSA) is 142 Å². The van der Waals surface area contributed by atoms with Crippen molar-refractivity contribution < 1.29 is 35.7 Å². The van der Waals surface area contributed by atoms with Gasteiger partial charge in [0.15, 0.2) is 0 Å². The van der Waals surface area contributed by atoms with Gasteiger partial charge in [0.05, 0.1) is 39.6 Å². The summed E-state index contributed by atoms with van der Waals surface area (Å²) in [6.07, 6.45) is 18.9. The average molecular weight is 519 g/mol. The van der Waals surface area contributed by atoms with Crippen LogP contribution < -0.4 is 0 Å². The van der Waals surface area contributed by atoms with Crippen molar-refractivity contribution >= 4 is 0 Å². The van der Waals surface area contributed by atoms with Gasteiger partial charge < -0.3 is 35.7 Å². The Morgan fingerprint density at radius 2 is 0.778 bits per heavy atom. The first-order chi connectivity index (χ1) is 17.5. The molecular formula is C29H58O7. The minimum absolute atomic E-state index is 0.324. The molecule has 0 heterocycles. The van der Waals surface area contributed by atoms with E-state index in [2.05, 4.69) is 0 Å². The molecule has 0 aromatic carbocycles. The highest BCUT2D eigenvalue weighted by molar-refractivity contribution is 5.10. The van der Waals surface area contributed by atoms with E-state index >= 15 is 0 Å². The Balaban J connectivity index is 3.22. The van der Waals surface area contributed by atoms with E-state index in [1.807, 2.05) is 0 Å². The van der Waals surface area contributed by atoms with E-state index in [9.17, 15) is 35.7 Å². The van der Waals surface area contributed by atoms with Crippen LogP contribution in [0.3, 0.4) is 0 Å². The van der Waals surface area contributed by atoms with E-state index in [1.54, 1.807) is 0 Å². The first kappa shape index (κ1) is 33.7. The molecule has 216 valence electrons. The van der Waals surface area contributed by atoms with Crippen molar-refractivity contribution in [2.24, 2.45) is 22.2 Å². The Kier molecular flexibility index (Phi) is 17.7. The molecule has 0 aromatic rings. The molecule has 1 saturated carbocycles. The summed E-state index contributed by atoms with van der Waals surface area (Å²) in [5.41, 5.74) is -4.35. The van der Waals surface area contributed by atoms with Crippen LogP contribution in [0.4, 0.5) is 0 Å². The highest BCUT2D eigenvalue weighted by Gasteiger charge is 2.63. The maximum absolute atomic E-state index is 10.7. The standard InChI is InChI=1S/C29H58O7/c30-19-26-17-15-13-11-9-7-5-3-1-2-4-6-8-10-12-14-16-18-27(20-31,21-32)29(24-35,25-36)28(26,22-33)23-34/h26,30-36H,1-25H2. The molecular weight excluding hydrogens is 460 g/mol. The van der Waals surface area contributed by atoms with Gasteiger partial charge in [0, 0.05) is 22.9 Å². The molecule has 1 rings (SSSR count). The van der Waals surface area contributed by atoms with Crippen molar-refractivity contribution in [1.82, 2.24) is 0 Å². The predicted molar refractivity (Wildman–Crippen MR) is 143 cm³/mol. The van der Waals surface area contributed by atoms with E-state index in [-0.39, 0.29) is 6.61 Å². The molecule has 1 unspecified atom stereocenters. The van der Waals surface area contributed by atoms with E-state index < -0.39 is 61.8 Å². The van der Waals surface area contributed by atoms with Gasteiger partial charge in [0.2, 0.25) is 0 Å². The molecule has 7 nitrogen and oxygen atoms in total. The summed E-state index contributed by atoms with van der Waals surface area (Å²) in [5, 5.41) is 74.3. The zero-order chi connectivity index (χ0) is 26.8. The lowest BCUT2D eigenvalue weighted by molar-refractivity contribution is -0.234. The maximum atomic E-state index is 10.7. The number of aliphatic hydroxyl groups excluding tert-OH is 7. The van der Waals surface area contributed by atoms with Crippen LogP contribution in [-0.4, -0.2) is 82.0 Å². The summed E-state index contributed by atoms with van der Waals surface area (Å²) in [4.78, 5) is 0. The van der Waals surface area contributed by atoms with Gasteiger partial charge in [-0.2, -0.15) is 0 Å². The molecule has 0 aromatic heterocycles. The van der Waals surface area contributed by atoms with Gasteiger partial charge in [-0.1, -0.05) is 103 Å². The Morgan fingerprint density at radius 3 is 1.08 bits per heavy atom. The van der Waals surface area contributed by atoms with Crippen molar-refractivity contribution in [2.45, 2.75) is 116 Å². The third-order valence-electron chi connectivity index (χ3n) is 9.64. The Labute approximate surface area is 220 Å². The fraction of sp³-hybridized carbons (Fsp3) is 1.00. The van der Waals surface area contributed by atoms with E-state index in [0.717, 1.165) is 38.5 Å². The van der Waals surface area contributed by atoms with Crippen LogP contribution in [-0.2, 0) is 0 Å². The second-order valence-corrected chi connectivity index (χ2v) is 11.5. The Morgan fingerprint density at radius 1 is 0.417 bits per heavy atom. The van der Waals surface area contributed by atoms with Crippen LogP contribution in [0.5, 0.6) is 0 Å². The first-order valence-electron chi connectivity index (χ1n) is 14.8. The van der Waals surface area contributed by atoms with Crippen molar-refractivity contribution in [3.8, 4) is 0 Å². The quantitative estimate of drug-likeness (QED) is 0.273. The van der Waals surface area contributed by atoms with Crippen molar-refractivity contribution in [2.75, 3.05) is 46.2 Å². The molecule has 1 fully saturated rings. The van der Waals surface area contributed by atoms with Crippen molar-refractivity contribution in [1.29, 1.82) is 0 Å². The van der Waals surface area contributed by atoms with Crippen LogP contribution in [0.15, 0.2) is 0 Å². The first-order valence-corrected chi connectivity index (χ1v) is 14.8. The molecule has 7 N–H and O–H groups in total. The molecule has 1 aliphatic carbocycles. The number of rotatable bonds is 7. The SMILES string of the molecule is OCC1CCCCCCCCCCCCCCCCCCC(CO)(CO)C(CO)(CO)C1(CO)CO. The normalized spacial score (nSPS) is 25.9. The van der Waals surface area contributed by atoms with Crippen LogP contribution in [0, 0.1) is 22.2 Å². The third-order valence-corrected chi connectivity index (χ3v) is 9.64. The summed E-state index contributed by atoms with van der Waals surface area (Å²) in [6.45, 7) is -3.70. The van der Waals surface area contributed by atoms with Crippen LogP contribution in [0.25, 0.3) is 0 Å². The minimum atomic E-state index is -1.57. The zero-order valence-corrected chi connectivity index (χ0v) is 22.9. The second kappa shape index (κ2) is 18.9. The van der Waals surface area contributed by atoms with Crippen LogP contribution in [0.2, 0.25) is 0 Å². The average Bonchev–Trinajstić information content (AvgIpc) is 2.91. The molecule has 1 atom stereocenters. The lowest BCUT2D eigenvalue weighted by atomic mass is 9.46. The van der Waals surface area contributed by atoms with Gasteiger partial charge in [-0.25, -0.2) is 0 Å². The molecule has 1 aliphatic rings.